The normalized spacial score (nSPS) is 17.3. The molecule has 7 heteroatoms. The predicted molar refractivity (Wildman–Crippen MR) is 114 cm³/mol. The number of aryl methyl sites for hydroxylation is 2. The smallest absolute Gasteiger partial charge is 0.261 e. The van der Waals surface area contributed by atoms with E-state index in [1.54, 1.807) is 10.9 Å². The number of fused-ring (bicyclic) bond motifs is 2. The molecule has 1 fully saturated rings. The Balaban J connectivity index is 1.33. The number of nitrogens with zero attached hydrogens (tertiary/aromatic N) is 5. The van der Waals surface area contributed by atoms with E-state index in [2.05, 4.69) is 19.9 Å². The topological polar surface area (TPSA) is 63.9 Å². The minimum absolute atomic E-state index is 0.0789. The fourth-order valence-electron chi connectivity index (χ4n) is 4.88. The molecule has 0 bridgehead atoms. The number of piperidine rings is 1. The number of benzene rings is 1. The number of anilines is 1. The quantitative estimate of drug-likeness (QED) is 0.666. The summed E-state index contributed by atoms with van der Waals surface area (Å²) in [5, 5.41) is 0.479. The molecule has 1 aliphatic carbocycles. The molecule has 0 atom stereocenters. The summed E-state index contributed by atoms with van der Waals surface area (Å²) in [6.45, 7) is 4.36. The Hall–Kier alpha value is -2.83. The second-order valence-corrected chi connectivity index (χ2v) is 8.50. The number of aromatic nitrogens is 4. The summed E-state index contributed by atoms with van der Waals surface area (Å²) in [4.78, 5) is 28.9. The van der Waals surface area contributed by atoms with E-state index < -0.39 is 0 Å². The van der Waals surface area contributed by atoms with Gasteiger partial charge in [0.2, 0.25) is 0 Å². The minimum atomic E-state index is -0.370. The SMILES string of the molecule is Cc1nc2cc(F)ccc2c(=O)n1CC1CCN(c2ncnc3c2CCCC3)CC1. The van der Waals surface area contributed by atoms with Crippen molar-refractivity contribution >= 4 is 16.7 Å². The first-order valence-corrected chi connectivity index (χ1v) is 10.8. The Morgan fingerprint density at radius 3 is 2.77 bits per heavy atom. The molecule has 1 aromatic carbocycles. The first-order chi connectivity index (χ1) is 14.6. The lowest BCUT2D eigenvalue weighted by molar-refractivity contribution is 0.347. The van der Waals surface area contributed by atoms with Crippen LogP contribution in [0.3, 0.4) is 0 Å². The Bertz CT molecular complexity index is 1150. The molecule has 30 heavy (non-hydrogen) atoms. The molecule has 6 nitrogen and oxygen atoms in total. The number of halogens is 1. The lowest BCUT2D eigenvalue weighted by atomic mass is 9.93. The van der Waals surface area contributed by atoms with Gasteiger partial charge in [-0.1, -0.05) is 0 Å². The number of hydrogen-bond acceptors (Lipinski definition) is 5. The third kappa shape index (κ3) is 3.46. The van der Waals surface area contributed by atoms with Crippen molar-refractivity contribution in [3.05, 3.63) is 57.8 Å². The van der Waals surface area contributed by atoms with Crippen LogP contribution in [0.15, 0.2) is 29.3 Å². The first-order valence-electron chi connectivity index (χ1n) is 10.8. The molecule has 0 radical (unpaired) electrons. The van der Waals surface area contributed by atoms with Gasteiger partial charge in [0, 0.05) is 37.0 Å². The van der Waals surface area contributed by atoms with E-state index in [1.165, 1.54) is 42.3 Å². The zero-order chi connectivity index (χ0) is 20.7. The van der Waals surface area contributed by atoms with Crippen molar-refractivity contribution < 1.29 is 4.39 Å². The zero-order valence-electron chi connectivity index (χ0n) is 17.3. The lowest BCUT2D eigenvalue weighted by Gasteiger charge is -2.35. The highest BCUT2D eigenvalue weighted by molar-refractivity contribution is 5.77. The summed E-state index contributed by atoms with van der Waals surface area (Å²) in [5.74, 6) is 1.80. The Kier molecular flexibility index (Phi) is 4.97. The summed E-state index contributed by atoms with van der Waals surface area (Å²) in [6, 6.07) is 4.19. The molecule has 1 saturated heterocycles. The Morgan fingerprint density at radius 2 is 1.93 bits per heavy atom. The molecule has 2 aliphatic rings. The number of rotatable bonds is 3. The van der Waals surface area contributed by atoms with E-state index in [9.17, 15) is 9.18 Å². The van der Waals surface area contributed by atoms with Crippen molar-refractivity contribution in [1.29, 1.82) is 0 Å². The van der Waals surface area contributed by atoms with Gasteiger partial charge in [0.15, 0.2) is 0 Å². The fourth-order valence-corrected chi connectivity index (χ4v) is 4.88. The molecule has 3 heterocycles. The van der Waals surface area contributed by atoms with Gasteiger partial charge < -0.3 is 4.90 Å². The third-order valence-electron chi connectivity index (χ3n) is 6.57. The van der Waals surface area contributed by atoms with Crippen molar-refractivity contribution in [2.45, 2.75) is 52.0 Å². The van der Waals surface area contributed by atoms with Gasteiger partial charge in [0.1, 0.15) is 23.8 Å². The van der Waals surface area contributed by atoms with Gasteiger partial charge in [-0.15, -0.1) is 0 Å². The molecule has 2 aromatic heterocycles. The summed E-state index contributed by atoms with van der Waals surface area (Å²) < 4.78 is 15.2. The highest BCUT2D eigenvalue weighted by Gasteiger charge is 2.25. The van der Waals surface area contributed by atoms with Gasteiger partial charge in [-0.05, 0) is 63.5 Å². The summed E-state index contributed by atoms with van der Waals surface area (Å²) in [6.07, 6.45) is 8.28. The van der Waals surface area contributed by atoms with Crippen LogP contribution < -0.4 is 10.5 Å². The van der Waals surface area contributed by atoms with Crippen LogP contribution in [0, 0.1) is 18.7 Å². The van der Waals surface area contributed by atoms with Gasteiger partial charge in [0.25, 0.3) is 5.56 Å². The molecule has 0 amide bonds. The molecule has 0 saturated carbocycles. The van der Waals surface area contributed by atoms with Gasteiger partial charge in [-0.25, -0.2) is 19.3 Å². The average molecular weight is 407 g/mol. The van der Waals surface area contributed by atoms with Crippen LogP contribution in [-0.2, 0) is 19.4 Å². The second-order valence-electron chi connectivity index (χ2n) is 8.50. The van der Waals surface area contributed by atoms with Gasteiger partial charge >= 0.3 is 0 Å². The summed E-state index contributed by atoms with van der Waals surface area (Å²) in [5.41, 5.74) is 2.90. The van der Waals surface area contributed by atoms with Gasteiger partial charge in [0.05, 0.1) is 10.9 Å². The van der Waals surface area contributed by atoms with E-state index in [0.717, 1.165) is 44.6 Å². The van der Waals surface area contributed by atoms with Crippen molar-refractivity contribution in [1.82, 2.24) is 19.5 Å². The van der Waals surface area contributed by atoms with Crippen molar-refractivity contribution in [3.8, 4) is 0 Å². The summed E-state index contributed by atoms with van der Waals surface area (Å²) >= 11 is 0. The van der Waals surface area contributed by atoms with Gasteiger partial charge in [-0.3, -0.25) is 9.36 Å². The van der Waals surface area contributed by atoms with E-state index in [0.29, 0.717) is 29.2 Å². The highest BCUT2D eigenvalue weighted by Crippen LogP contribution is 2.30. The first kappa shape index (κ1) is 19.2. The molecule has 0 N–H and O–H groups in total. The molecule has 0 spiro atoms. The van der Waals surface area contributed by atoms with Crippen LogP contribution >= 0.6 is 0 Å². The lowest BCUT2D eigenvalue weighted by Crippen LogP contribution is -2.38. The molecular formula is C23H26FN5O. The maximum atomic E-state index is 13.5. The Morgan fingerprint density at radius 1 is 1.13 bits per heavy atom. The predicted octanol–water partition coefficient (Wildman–Crippen LogP) is 3.43. The van der Waals surface area contributed by atoms with Crippen LogP contribution in [-0.4, -0.2) is 32.6 Å². The summed E-state index contributed by atoms with van der Waals surface area (Å²) in [7, 11) is 0. The second kappa shape index (κ2) is 7.78. The van der Waals surface area contributed by atoms with E-state index >= 15 is 0 Å². The maximum Gasteiger partial charge on any atom is 0.261 e. The minimum Gasteiger partial charge on any atom is -0.356 e. The molecule has 156 valence electrons. The monoisotopic (exact) mass is 407 g/mol. The number of hydrogen-bond donors (Lipinski definition) is 0. The largest absolute Gasteiger partial charge is 0.356 e. The van der Waals surface area contributed by atoms with E-state index in [-0.39, 0.29) is 11.4 Å². The van der Waals surface area contributed by atoms with E-state index in [4.69, 9.17) is 0 Å². The molecule has 0 unspecified atom stereocenters. The Labute approximate surface area is 174 Å². The highest BCUT2D eigenvalue weighted by atomic mass is 19.1. The maximum absolute atomic E-state index is 13.5. The molecule has 1 aliphatic heterocycles. The van der Waals surface area contributed by atoms with Crippen molar-refractivity contribution in [2.24, 2.45) is 5.92 Å². The van der Waals surface area contributed by atoms with Crippen molar-refractivity contribution in [2.75, 3.05) is 18.0 Å². The molecular weight excluding hydrogens is 381 g/mol. The van der Waals surface area contributed by atoms with Crippen LogP contribution in [0.2, 0.25) is 0 Å². The van der Waals surface area contributed by atoms with Gasteiger partial charge in [-0.2, -0.15) is 0 Å². The average Bonchev–Trinajstić information content (AvgIpc) is 2.76. The zero-order valence-corrected chi connectivity index (χ0v) is 17.3. The van der Waals surface area contributed by atoms with E-state index in [1.807, 2.05) is 6.92 Å². The van der Waals surface area contributed by atoms with Crippen molar-refractivity contribution in [3.63, 3.8) is 0 Å². The van der Waals surface area contributed by atoms with Crippen LogP contribution in [0.1, 0.15) is 42.8 Å². The third-order valence-corrected chi connectivity index (χ3v) is 6.57. The van der Waals surface area contributed by atoms with Crippen LogP contribution in [0.5, 0.6) is 0 Å². The van der Waals surface area contributed by atoms with Crippen LogP contribution in [0.25, 0.3) is 10.9 Å². The molecule has 3 aromatic rings. The van der Waals surface area contributed by atoms with Crippen LogP contribution in [0.4, 0.5) is 10.2 Å². The standard InChI is InChI=1S/C23H26FN5O/c1-15-27-21-12-17(24)6-7-19(21)23(30)29(15)13-16-8-10-28(11-9-16)22-18-4-2-3-5-20(18)25-14-26-22/h6-7,12,14,16H,2-5,8-11,13H2,1H3. The fraction of sp³-hybridized carbons (Fsp3) is 0.478. The molecule has 5 rings (SSSR count).